The molecule has 0 bridgehead atoms. The first-order valence-electron chi connectivity index (χ1n) is 6.96. The fourth-order valence-corrected chi connectivity index (χ4v) is 2.68. The number of hydrogen-bond donors (Lipinski definition) is 0. The Hall–Kier alpha value is -1.62. The fraction of sp³-hybridized carbons (Fsp3) is 0.467. The molecule has 21 heavy (non-hydrogen) atoms. The Kier molecular flexibility index (Phi) is 4.83. The van der Waals surface area contributed by atoms with Gasteiger partial charge in [0.25, 0.3) is 0 Å². The summed E-state index contributed by atoms with van der Waals surface area (Å²) in [5.41, 5.74) is 0.319. The molecular formula is C15H18ClFN2O2. The molecule has 114 valence electrons. The van der Waals surface area contributed by atoms with E-state index in [0.717, 1.165) is 6.42 Å². The van der Waals surface area contributed by atoms with E-state index in [9.17, 15) is 14.0 Å². The molecule has 1 aromatic carbocycles. The maximum absolute atomic E-state index is 13.9. The summed E-state index contributed by atoms with van der Waals surface area (Å²) in [7, 11) is 0. The molecule has 1 aliphatic rings. The van der Waals surface area contributed by atoms with Gasteiger partial charge in [-0.3, -0.25) is 9.59 Å². The van der Waals surface area contributed by atoms with Crippen molar-refractivity contribution in [3.8, 4) is 0 Å². The van der Waals surface area contributed by atoms with E-state index in [1.807, 2.05) is 6.92 Å². The van der Waals surface area contributed by atoms with Crippen LogP contribution in [0.15, 0.2) is 18.2 Å². The lowest BCUT2D eigenvalue weighted by molar-refractivity contribution is -0.155. The Balaban J connectivity index is 2.19. The van der Waals surface area contributed by atoms with E-state index in [-0.39, 0.29) is 29.9 Å². The van der Waals surface area contributed by atoms with Crippen LogP contribution in [0.3, 0.4) is 0 Å². The number of halogens is 2. The van der Waals surface area contributed by atoms with Crippen molar-refractivity contribution in [3.63, 3.8) is 0 Å². The van der Waals surface area contributed by atoms with Gasteiger partial charge in [0.15, 0.2) is 0 Å². The third-order valence-corrected chi connectivity index (χ3v) is 3.94. The molecule has 0 aliphatic carbocycles. The third kappa shape index (κ3) is 3.18. The number of rotatable bonds is 4. The van der Waals surface area contributed by atoms with E-state index >= 15 is 0 Å². The Bertz CT molecular complexity index is 565. The number of amides is 2. The SMILES string of the molecule is CCCN1CC(=O)N(Cc2cccc(Cl)c2F)[C@H](C)C1=O. The quantitative estimate of drug-likeness (QED) is 0.857. The molecule has 0 N–H and O–H groups in total. The van der Waals surface area contributed by atoms with Gasteiger partial charge in [-0.25, -0.2) is 4.39 Å². The predicted octanol–water partition coefficient (Wildman–Crippen LogP) is 2.45. The molecule has 1 atom stereocenters. The van der Waals surface area contributed by atoms with Gasteiger partial charge in [-0.15, -0.1) is 0 Å². The van der Waals surface area contributed by atoms with Crippen LogP contribution in [-0.4, -0.2) is 40.7 Å². The van der Waals surface area contributed by atoms with Crippen LogP contribution in [-0.2, 0) is 16.1 Å². The van der Waals surface area contributed by atoms with Crippen LogP contribution in [0.2, 0.25) is 5.02 Å². The Morgan fingerprint density at radius 2 is 2.10 bits per heavy atom. The topological polar surface area (TPSA) is 40.6 Å². The molecular weight excluding hydrogens is 295 g/mol. The molecule has 1 aromatic rings. The van der Waals surface area contributed by atoms with Crippen LogP contribution < -0.4 is 0 Å². The highest BCUT2D eigenvalue weighted by molar-refractivity contribution is 6.30. The summed E-state index contributed by atoms with van der Waals surface area (Å²) in [6.45, 7) is 4.30. The largest absolute Gasteiger partial charge is 0.332 e. The van der Waals surface area contributed by atoms with Crippen LogP contribution in [0, 0.1) is 5.82 Å². The van der Waals surface area contributed by atoms with E-state index < -0.39 is 11.9 Å². The Morgan fingerprint density at radius 3 is 2.76 bits per heavy atom. The molecule has 0 spiro atoms. The number of piperazine rings is 1. The van der Waals surface area contributed by atoms with Crippen LogP contribution in [0.5, 0.6) is 0 Å². The normalized spacial score (nSPS) is 19.3. The number of carbonyl (C=O) groups excluding carboxylic acids is 2. The summed E-state index contributed by atoms with van der Waals surface area (Å²) in [6.07, 6.45) is 0.800. The maximum Gasteiger partial charge on any atom is 0.245 e. The first-order valence-corrected chi connectivity index (χ1v) is 7.34. The molecule has 4 nitrogen and oxygen atoms in total. The first kappa shape index (κ1) is 15.8. The van der Waals surface area contributed by atoms with Crippen LogP contribution in [0.25, 0.3) is 0 Å². The zero-order valence-corrected chi connectivity index (χ0v) is 12.9. The van der Waals surface area contributed by atoms with Crippen molar-refractivity contribution in [3.05, 3.63) is 34.6 Å². The lowest BCUT2D eigenvalue weighted by atomic mass is 10.1. The molecule has 0 unspecified atom stereocenters. The van der Waals surface area contributed by atoms with Crippen molar-refractivity contribution < 1.29 is 14.0 Å². The van der Waals surface area contributed by atoms with Gasteiger partial charge < -0.3 is 9.80 Å². The highest BCUT2D eigenvalue weighted by Gasteiger charge is 2.36. The van der Waals surface area contributed by atoms with E-state index in [1.165, 1.54) is 11.0 Å². The first-order chi connectivity index (χ1) is 9.95. The van der Waals surface area contributed by atoms with Gasteiger partial charge in [0.1, 0.15) is 11.9 Å². The third-order valence-electron chi connectivity index (χ3n) is 3.65. The molecule has 0 saturated carbocycles. The summed E-state index contributed by atoms with van der Waals surface area (Å²) >= 11 is 5.74. The van der Waals surface area contributed by atoms with Crippen molar-refractivity contribution in [1.82, 2.24) is 9.80 Å². The van der Waals surface area contributed by atoms with Gasteiger partial charge in [0.2, 0.25) is 11.8 Å². The second kappa shape index (κ2) is 6.43. The molecule has 2 rings (SSSR count). The molecule has 1 aliphatic heterocycles. The standard InChI is InChI=1S/C15H18ClFN2O2/c1-3-7-18-9-13(20)19(10(2)15(18)21)8-11-5-4-6-12(16)14(11)17/h4-6,10H,3,7-9H2,1-2H3/t10-/m1/s1. The van der Waals surface area contributed by atoms with Crippen molar-refractivity contribution >= 4 is 23.4 Å². The molecule has 0 aromatic heterocycles. The number of nitrogens with zero attached hydrogens (tertiary/aromatic N) is 2. The van der Waals surface area contributed by atoms with Crippen molar-refractivity contribution in [2.45, 2.75) is 32.9 Å². The number of hydrogen-bond acceptors (Lipinski definition) is 2. The highest BCUT2D eigenvalue weighted by Crippen LogP contribution is 2.22. The summed E-state index contributed by atoms with van der Waals surface area (Å²) in [5, 5.41) is 0.0172. The minimum absolute atomic E-state index is 0.0172. The predicted molar refractivity (Wildman–Crippen MR) is 78.3 cm³/mol. The molecule has 1 fully saturated rings. The van der Waals surface area contributed by atoms with Gasteiger partial charge in [0.05, 0.1) is 11.6 Å². The van der Waals surface area contributed by atoms with E-state index in [1.54, 1.807) is 24.0 Å². The minimum atomic E-state index is -0.587. The zero-order chi connectivity index (χ0) is 15.6. The maximum atomic E-state index is 13.9. The average Bonchev–Trinajstić information content (AvgIpc) is 2.45. The molecule has 0 radical (unpaired) electrons. The van der Waals surface area contributed by atoms with Gasteiger partial charge in [-0.05, 0) is 19.4 Å². The molecule has 6 heteroatoms. The Labute approximate surface area is 128 Å². The highest BCUT2D eigenvalue weighted by atomic mass is 35.5. The molecule has 1 heterocycles. The van der Waals surface area contributed by atoms with Crippen molar-refractivity contribution in [2.75, 3.05) is 13.1 Å². The summed E-state index contributed by atoms with van der Waals surface area (Å²) in [4.78, 5) is 27.4. The second-order valence-corrected chi connectivity index (χ2v) is 5.58. The lowest BCUT2D eigenvalue weighted by Crippen LogP contribution is -2.58. The van der Waals surface area contributed by atoms with E-state index in [4.69, 9.17) is 11.6 Å². The minimum Gasteiger partial charge on any atom is -0.332 e. The van der Waals surface area contributed by atoms with Crippen molar-refractivity contribution in [2.24, 2.45) is 0 Å². The molecule has 2 amide bonds. The summed E-state index contributed by atoms with van der Waals surface area (Å²) in [6, 6.07) is 4.07. The van der Waals surface area contributed by atoms with Gasteiger partial charge >= 0.3 is 0 Å². The number of carbonyl (C=O) groups is 2. The molecule has 1 saturated heterocycles. The monoisotopic (exact) mass is 312 g/mol. The fourth-order valence-electron chi connectivity index (χ4n) is 2.48. The Morgan fingerprint density at radius 1 is 1.38 bits per heavy atom. The van der Waals surface area contributed by atoms with Crippen LogP contribution in [0.1, 0.15) is 25.8 Å². The van der Waals surface area contributed by atoms with E-state index in [0.29, 0.717) is 12.1 Å². The average molecular weight is 313 g/mol. The van der Waals surface area contributed by atoms with Gasteiger partial charge in [-0.2, -0.15) is 0 Å². The number of benzene rings is 1. The van der Waals surface area contributed by atoms with Crippen LogP contribution >= 0.6 is 11.6 Å². The van der Waals surface area contributed by atoms with Gasteiger partial charge in [-0.1, -0.05) is 30.7 Å². The van der Waals surface area contributed by atoms with Gasteiger partial charge in [0, 0.05) is 18.7 Å². The lowest BCUT2D eigenvalue weighted by Gasteiger charge is -2.38. The second-order valence-electron chi connectivity index (χ2n) is 5.17. The van der Waals surface area contributed by atoms with Crippen LogP contribution in [0.4, 0.5) is 4.39 Å². The van der Waals surface area contributed by atoms with Crippen molar-refractivity contribution in [1.29, 1.82) is 0 Å². The summed E-state index contributed by atoms with van der Waals surface area (Å²) in [5.74, 6) is -0.809. The van der Waals surface area contributed by atoms with E-state index in [2.05, 4.69) is 0 Å². The smallest absolute Gasteiger partial charge is 0.245 e. The summed E-state index contributed by atoms with van der Waals surface area (Å²) < 4.78 is 13.9. The zero-order valence-electron chi connectivity index (χ0n) is 12.1.